The van der Waals surface area contributed by atoms with Crippen LogP contribution in [0.25, 0.3) is 32.9 Å². The number of anilines is 2. The van der Waals surface area contributed by atoms with Crippen LogP contribution in [-0.2, 0) is 9.47 Å². The van der Waals surface area contributed by atoms with Crippen LogP contribution < -0.4 is 15.0 Å². The van der Waals surface area contributed by atoms with Crippen LogP contribution in [0.15, 0.2) is 60.8 Å². The van der Waals surface area contributed by atoms with E-state index in [-0.39, 0.29) is 47.5 Å². The lowest BCUT2D eigenvalue weighted by molar-refractivity contribution is 0.0122. The Morgan fingerprint density at radius 3 is 2.31 bits per heavy atom. The second-order valence-electron chi connectivity index (χ2n) is 18.1. The summed E-state index contributed by atoms with van der Waals surface area (Å²) in [5.41, 5.74) is 1.82. The van der Waals surface area contributed by atoms with Crippen molar-refractivity contribution >= 4 is 45.4 Å². The minimum absolute atomic E-state index is 0.0117. The third kappa shape index (κ3) is 7.41. The van der Waals surface area contributed by atoms with E-state index in [1.54, 1.807) is 45.2 Å². The number of amides is 2. The molecule has 2 amide bonds. The van der Waals surface area contributed by atoms with E-state index in [1.807, 2.05) is 37.8 Å². The number of rotatable bonds is 6. The maximum Gasteiger partial charge on any atom is 0.412 e. The lowest BCUT2D eigenvalue weighted by atomic mass is 9.92. The molecule has 4 fully saturated rings. The number of fused-ring (bicyclic) bond motifs is 5. The van der Waals surface area contributed by atoms with E-state index >= 15 is 4.39 Å². The van der Waals surface area contributed by atoms with Crippen molar-refractivity contribution in [3.63, 3.8) is 0 Å². The molecule has 13 heteroatoms. The smallest absolute Gasteiger partial charge is 0.412 e. The molecule has 4 aliphatic heterocycles. The quantitative estimate of drug-likeness (QED) is 0.151. The maximum absolute atomic E-state index is 17.5. The van der Waals surface area contributed by atoms with Crippen molar-refractivity contribution in [2.45, 2.75) is 96.1 Å². The van der Waals surface area contributed by atoms with Crippen LogP contribution >= 0.6 is 0 Å². The van der Waals surface area contributed by atoms with Crippen molar-refractivity contribution in [1.29, 1.82) is 0 Å². The highest BCUT2D eigenvalue weighted by Crippen LogP contribution is 2.44. The van der Waals surface area contributed by atoms with E-state index < -0.39 is 23.1 Å². The molecule has 302 valence electrons. The first-order valence-corrected chi connectivity index (χ1v) is 19.8. The van der Waals surface area contributed by atoms with Gasteiger partial charge in [0.2, 0.25) is 0 Å². The average molecular weight is 788 g/mol. The highest BCUT2D eigenvalue weighted by atomic mass is 19.1. The van der Waals surface area contributed by atoms with Gasteiger partial charge in [-0.3, -0.25) is 20.1 Å². The van der Waals surface area contributed by atoms with E-state index in [0.29, 0.717) is 51.9 Å². The van der Waals surface area contributed by atoms with Gasteiger partial charge in [0.25, 0.3) is 0 Å². The third-order valence-electron chi connectivity index (χ3n) is 11.2. The van der Waals surface area contributed by atoms with Gasteiger partial charge in [0.05, 0.1) is 23.0 Å². The molecule has 0 spiro atoms. The molecule has 0 saturated carbocycles. The third-order valence-corrected chi connectivity index (χ3v) is 11.2. The van der Waals surface area contributed by atoms with Crippen LogP contribution in [0.1, 0.15) is 72.8 Å². The molecule has 58 heavy (non-hydrogen) atoms. The monoisotopic (exact) mass is 787 g/mol. The number of ether oxygens (including phenoxy) is 3. The van der Waals surface area contributed by atoms with Crippen LogP contribution in [-0.4, -0.2) is 98.5 Å². The number of carbonyl (C=O) groups is 2. The fraction of sp³-hybridized carbons (Fsp3) is 0.444. The first-order chi connectivity index (χ1) is 27.4. The van der Waals surface area contributed by atoms with Gasteiger partial charge < -0.3 is 19.1 Å². The van der Waals surface area contributed by atoms with Gasteiger partial charge in [-0.25, -0.2) is 14.0 Å². The van der Waals surface area contributed by atoms with Crippen LogP contribution in [0, 0.1) is 18.2 Å². The minimum atomic E-state index is -0.735. The number of pyridine rings is 1. The molecule has 0 radical (unpaired) electrons. The van der Waals surface area contributed by atoms with Crippen molar-refractivity contribution in [1.82, 2.24) is 24.8 Å². The van der Waals surface area contributed by atoms with Gasteiger partial charge in [-0.05, 0) is 90.8 Å². The van der Waals surface area contributed by atoms with Crippen LogP contribution in [0.3, 0.4) is 0 Å². The molecule has 2 atom stereocenters. The number of terminal acetylenes is 1. The number of nitrogens with zero attached hydrogens (tertiary/aromatic N) is 6. The van der Waals surface area contributed by atoms with Gasteiger partial charge in [-0.1, -0.05) is 42.4 Å². The molecule has 6 heterocycles. The number of nitrogens with one attached hydrogen (secondary N) is 1. The zero-order valence-corrected chi connectivity index (χ0v) is 34.1. The van der Waals surface area contributed by atoms with E-state index in [0.717, 1.165) is 49.9 Å². The van der Waals surface area contributed by atoms with Crippen LogP contribution in [0.2, 0.25) is 0 Å². The lowest BCUT2D eigenvalue weighted by Gasteiger charge is -2.42. The SMILES string of the molecule is C#Cc1cccc2cc(NC(=O)OC(C)(C)C)cc(-c3ncc4c(N5CC6CCC(C5)N6C(=O)OC(C)(C)C)nc(OCC56CC(=C)CN5CC(=C)C6)nc4c3F)c12. The van der Waals surface area contributed by atoms with Crippen molar-refractivity contribution in [3.05, 3.63) is 72.2 Å². The van der Waals surface area contributed by atoms with E-state index in [9.17, 15) is 9.59 Å². The summed E-state index contributed by atoms with van der Waals surface area (Å²) in [5.74, 6) is 2.49. The predicted octanol–water partition coefficient (Wildman–Crippen LogP) is 8.24. The Hall–Kier alpha value is -5.74. The molecule has 4 aliphatic rings. The van der Waals surface area contributed by atoms with Crippen molar-refractivity contribution in [3.8, 4) is 29.6 Å². The lowest BCUT2D eigenvalue weighted by Crippen LogP contribution is -2.57. The maximum atomic E-state index is 17.5. The van der Waals surface area contributed by atoms with Gasteiger partial charge in [0.1, 0.15) is 34.8 Å². The van der Waals surface area contributed by atoms with Gasteiger partial charge >= 0.3 is 18.2 Å². The van der Waals surface area contributed by atoms with Crippen molar-refractivity contribution < 1.29 is 28.2 Å². The Morgan fingerprint density at radius 2 is 1.67 bits per heavy atom. The summed E-state index contributed by atoms with van der Waals surface area (Å²) in [6, 6.07) is 8.60. The molecule has 1 N–H and O–H groups in total. The van der Waals surface area contributed by atoms with Crippen molar-refractivity contribution in [2.75, 3.05) is 43.0 Å². The standard InChI is InChI=1S/C45H50FN7O5/c1-10-28-12-11-13-29-16-30(48-41(54)57-43(4,5)6)17-33(35(28)29)37-36(46)38-34(20-47-37)39(51-23-31-14-15-32(24-51)53(31)42(55)58-44(7,8)9)50-40(49-38)56-25-45-18-26(2)21-52(45)22-27(3)19-45/h1,11-13,16-17,20,31-32H,2-3,14-15,18-19,21-25H2,4-9H3,(H,48,54). The number of aromatic nitrogens is 3. The van der Waals surface area contributed by atoms with Gasteiger partial charge in [-0.2, -0.15) is 9.97 Å². The first-order valence-electron chi connectivity index (χ1n) is 19.8. The summed E-state index contributed by atoms with van der Waals surface area (Å²) in [5, 5.41) is 4.45. The molecule has 4 aromatic rings. The highest BCUT2D eigenvalue weighted by Gasteiger charge is 2.49. The molecule has 4 saturated heterocycles. The summed E-state index contributed by atoms with van der Waals surface area (Å²) in [6.07, 6.45) is 9.67. The fourth-order valence-electron chi connectivity index (χ4n) is 9.08. The first kappa shape index (κ1) is 39.1. The average Bonchev–Trinajstić information content (AvgIpc) is 3.70. The van der Waals surface area contributed by atoms with Crippen molar-refractivity contribution in [2.24, 2.45) is 0 Å². The Morgan fingerprint density at radius 1 is 1.00 bits per heavy atom. The molecule has 2 unspecified atom stereocenters. The Labute approximate surface area is 338 Å². The number of carbonyl (C=O) groups excluding carboxylic acids is 2. The Balaban J connectivity index is 1.23. The highest BCUT2D eigenvalue weighted by molar-refractivity contribution is 6.05. The molecule has 2 aromatic heterocycles. The summed E-state index contributed by atoms with van der Waals surface area (Å²) < 4.78 is 35.3. The number of hydrogen-bond donors (Lipinski definition) is 1. The Kier molecular flexibility index (Phi) is 9.62. The van der Waals surface area contributed by atoms with Gasteiger partial charge in [-0.15, -0.1) is 6.42 Å². The summed E-state index contributed by atoms with van der Waals surface area (Å²) >= 11 is 0. The topological polar surface area (TPSA) is 122 Å². The number of hydrogen-bond acceptors (Lipinski definition) is 10. The molecule has 12 nitrogen and oxygen atoms in total. The largest absolute Gasteiger partial charge is 0.461 e. The van der Waals surface area contributed by atoms with Gasteiger partial charge in [0.15, 0.2) is 5.82 Å². The van der Waals surface area contributed by atoms with E-state index in [2.05, 4.69) is 34.2 Å². The predicted molar refractivity (Wildman–Crippen MR) is 222 cm³/mol. The summed E-state index contributed by atoms with van der Waals surface area (Å²) in [4.78, 5) is 46.9. The summed E-state index contributed by atoms with van der Waals surface area (Å²) in [7, 11) is 0. The molecule has 8 rings (SSSR count). The second kappa shape index (κ2) is 14.3. The molecule has 2 bridgehead atoms. The molecular weight excluding hydrogens is 738 g/mol. The van der Waals surface area contributed by atoms with Crippen LogP contribution in [0.5, 0.6) is 6.01 Å². The van der Waals surface area contributed by atoms with E-state index in [1.165, 1.54) is 0 Å². The Bertz CT molecular complexity index is 2390. The number of benzene rings is 2. The number of halogens is 1. The molecule has 2 aromatic carbocycles. The summed E-state index contributed by atoms with van der Waals surface area (Å²) in [6.45, 7) is 22.1. The number of piperazine rings is 1. The normalized spacial score (nSPS) is 20.4. The minimum Gasteiger partial charge on any atom is -0.461 e. The fourth-order valence-corrected chi connectivity index (χ4v) is 9.08. The zero-order chi connectivity index (χ0) is 41.3. The van der Waals surface area contributed by atoms with Crippen LogP contribution in [0.4, 0.5) is 25.5 Å². The van der Waals surface area contributed by atoms with Gasteiger partial charge in [0, 0.05) is 54.6 Å². The second-order valence-corrected chi connectivity index (χ2v) is 18.1. The molecular formula is C45H50FN7O5. The zero-order valence-electron chi connectivity index (χ0n) is 34.1. The molecule has 0 aliphatic carbocycles. The van der Waals surface area contributed by atoms with E-state index in [4.69, 9.17) is 35.6 Å².